The fourth-order valence-corrected chi connectivity index (χ4v) is 2.34. The van der Waals surface area contributed by atoms with Crippen molar-refractivity contribution < 1.29 is 14.3 Å². The maximum atomic E-state index is 12.1. The molecule has 0 aliphatic carbocycles. The van der Waals surface area contributed by atoms with Crippen molar-refractivity contribution in [2.24, 2.45) is 4.99 Å². The second-order valence-corrected chi connectivity index (χ2v) is 5.94. The molecule has 122 valence electrons. The molecular weight excluding hydrogens is 302 g/mol. The lowest BCUT2D eigenvalue weighted by Crippen LogP contribution is -2.05. The van der Waals surface area contributed by atoms with Gasteiger partial charge in [-0.1, -0.05) is 29.8 Å². The summed E-state index contributed by atoms with van der Waals surface area (Å²) >= 11 is 0. The Kier molecular flexibility index (Phi) is 4.47. The van der Waals surface area contributed by atoms with Crippen LogP contribution >= 0.6 is 0 Å². The third-order valence-electron chi connectivity index (χ3n) is 3.45. The van der Waals surface area contributed by atoms with Gasteiger partial charge in [-0.3, -0.25) is 0 Å². The molecule has 4 nitrogen and oxygen atoms in total. The van der Waals surface area contributed by atoms with E-state index in [1.807, 2.05) is 69.3 Å². The molecule has 0 aromatic heterocycles. The highest BCUT2D eigenvalue weighted by Gasteiger charge is 2.24. The van der Waals surface area contributed by atoms with Crippen molar-refractivity contribution in [2.45, 2.75) is 26.9 Å². The number of carbonyl (C=O) groups excluding carboxylic acids is 1. The van der Waals surface area contributed by atoms with Gasteiger partial charge in [-0.2, -0.15) is 0 Å². The first kappa shape index (κ1) is 16.0. The summed E-state index contributed by atoms with van der Waals surface area (Å²) in [5.74, 6) is 0.648. The molecule has 3 rings (SSSR count). The molecule has 2 aromatic rings. The van der Waals surface area contributed by atoms with E-state index in [0.717, 1.165) is 22.4 Å². The van der Waals surface area contributed by atoms with Crippen LogP contribution in [-0.4, -0.2) is 18.0 Å². The van der Waals surface area contributed by atoms with Crippen molar-refractivity contribution in [3.63, 3.8) is 0 Å². The van der Waals surface area contributed by atoms with Crippen molar-refractivity contribution in [1.82, 2.24) is 0 Å². The predicted molar refractivity (Wildman–Crippen MR) is 94.0 cm³/mol. The minimum Gasteiger partial charge on any atom is -0.491 e. The summed E-state index contributed by atoms with van der Waals surface area (Å²) in [5.41, 5.74) is 3.05. The summed E-state index contributed by atoms with van der Waals surface area (Å²) in [6.07, 6.45) is 1.80. The smallest absolute Gasteiger partial charge is 0.363 e. The zero-order valence-corrected chi connectivity index (χ0v) is 13.9. The second kappa shape index (κ2) is 6.71. The van der Waals surface area contributed by atoms with Crippen molar-refractivity contribution >= 4 is 17.9 Å². The van der Waals surface area contributed by atoms with E-state index in [0.29, 0.717) is 5.90 Å². The van der Waals surface area contributed by atoms with E-state index in [-0.39, 0.29) is 11.8 Å². The van der Waals surface area contributed by atoms with Gasteiger partial charge in [0.2, 0.25) is 5.90 Å². The van der Waals surface area contributed by atoms with Gasteiger partial charge < -0.3 is 9.47 Å². The topological polar surface area (TPSA) is 47.9 Å². The van der Waals surface area contributed by atoms with Crippen LogP contribution in [0.25, 0.3) is 6.08 Å². The highest BCUT2D eigenvalue weighted by Crippen LogP contribution is 2.22. The molecule has 0 saturated carbocycles. The van der Waals surface area contributed by atoms with Gasteiger partial charge in [0.15, 0.2) is 5.70 Å². The number of aliphatic imine (C=N–C) groups is 1. The molecule has 0 amide bonds. The first-order valence-electron chi connectivity index (χ1n) is 7.87. The average molecular weight is 321 g/mol. The van der Waals surface area contributed by atoms with E-state index in [4.69, 9.17) is 9.47 Å². The van der Waals surface area contributed by atoms with Crippen LogP contribution in [0.1, 0.15) is 30.5 Å². The normalized spacial score (nSPS) is 15.6. The van der Waals surface area contributed by atoms with Crippen LogP contribution in [0.2, 0.25) is 0 Å². The number of rotatable bonds is 4. The van der Waals surface area contributed by atoms with Gasteiger partial charge in [-0.05, 0) is 56.7 Å². The van der Waals surface area contributed by atoms with Crippen LogP contribution in [0.15, 0.2) is 59.2 Å². The van der Waals surface area contributed by atoms with Crippen LogP contribution in [0, 0.1) is 6.92 Å². The van der Waals surface area contributed by atoms with Gasteiger partial charge in [0.1, 0.15) is 5.75 Å². The quantitative estimate of drug-likeness (QED) is 0.628. The minimum absolute atomic E-state index is 0.0931. The van der Waals surface area contributed by atoms with Crippen LogP contribution in [0.5, 0.6) is 5.75 Å². The SMILES string of the molecule is Cc1ccc(C2=NC(=Cc3cccc(OC(C)C)c3)C(=O)O2)cc1. The number of nitrogens with zero attached hydrogens (tertiary/aromatic N) is 1. The van der Waals surface area contributed by atoms with E-state index in [2.05, 4.69) is 4.99 Å². The Balaban J connectivity index is 1.87. The van der Waals surface area contributed by atoms with E-state index in [1.54, 1.807) is 6.08 Å². The number of hydrogen-bond acceptors (Lipinski definition) is 4. The highest BCUT2D eigenvalue weighted by atomic mass is 16.6. The fraction of sp³-hybridized carbons (Fsp3) is 0.200. The number of aryl methyl sites for hydroxylation is 1. The van der Waals surface area contributed by atoms with Crippen molar-refractivity contribution in [3.8, 4) is 5.75 Å². The van der Waals surface area contributed by atoms with Gasteiger partial charge >= 0.3 is 5.97 Å². The average Bonchev–Trinajstić information content (AvgIpc) is 2.89. The molecule has 4 heteroatoms. The van der Waals surface area contributed by atoms with E-state index in [9.17, 15) is 4.79 Å². The van der Waals surface area contributed by atoms with Gasteiger partial charge in [0.25, 0.3) is 0 Å². The van der Waals surface area contributed by atoms with Gasteiger partial charge in [-0.25, -0.2) is 9.79 Å². The third-order valence-corrected chi connectivity index (χ3v) is 3.45. The van der Waals surface area contributed by atoms with Gasteiger partial charge in [-0.15, -0.1) is 0 Å². The summed E-state index contributed by atoms with van der Waals surface area (Å²) in [5, 5.41) is 0. The first-order chi connectivity index (χ1) is 11.5. The first-order valence-corrected chi connectivity index (χ1v) is 7.87. The lowest BCUT2D eigenvalue weighted by molar-refractivity contribution is -0.129. The van der Waals surface area contributed by atoms with Crippen LogP contribution in [0.4, 0.5) is 0 Å². The molecule has 0 unspecified atom stereocenters. The fourth-order valence-electron chi connectivity index (χ4n) is 2.34. The molecule has 2 aromatic carbocycles. The molecule has 0 spiro atoms. The molecule has 0 fully saturated rings. The molecule has 0 N–H and O–H groups in total. The van der Waals surface area contributed by atoms with Crippen molar-refractivity contribution in [3.05, 3.63) is 70.9 Å². The maximum absolute atomic E-state index is 12.1. The molecular formula is C20H19NO3. The zero-order chi connectivity index (χ0) is 17.1. The van der Waals surface area contributed by atoms with E-state index in [1.165, 1.54) is 0 Å². The maximum Gasteiger partial charge on any atom is 0.363 e. The Morgan fingerprint density at radius 3 is 2.58 bits per heavy atom. The molecule has 0 saturated heterocycles. The molecule has 0 atom stereocenters. The van der Waals surface area contributed by atoms with Crippen molar-refractivity contribution in [1.29, 1.82) is 0 Å². The zero-order valence-electron chi connectivity index (χ0n) is 13.9. The monoisotopic (exact) mass is 321 g/mol. The van der Waals surface area contributed by atoms with Crippen LogP contribution in [0.3, 0.4) is 0 Å². The summed E-state index contributed by atoms with van der Waals surface area (Å²) in [4.78, 5) is 16.4. The number of cyclic esters (lactones) is 1. The predicted octanol–water partition coefficient (Wildman–Crippen LogP) is 4.13. The second-order valence-electron chi connectivity index (χ2n) is 5.94. The van der Waals surface area contributed by atoms with Crippen LogP contribution in [-0.2, 0) is 9.53 Å². The summed E-state index contributed by atoms with van der Waals surface area (Å²) in [6.45, 7) is 5.94. The van der Waals surface area contributed by atoms with Gasteiger partial charge in [0.05, 0.1) is 6.10 Å². The Bertz CT molecular complexity index is 817. The lowest BCUT2D eigenvalue weighted by atomic mass is 10.1. The highest BCUT2D eigenvalue weighted by molar-refractivity contribution is 6.12. The molecule has 1 aliphatic heterocycles. The van der Waals surface area contributed by atoms with Crippen molar-refractivity contribution in [2.75, 3.05) is 0 Å². The lowest BCUT2D eigenvalue weighted by Gasteiger charge is -2.09. The molecule has 0 radical (unpaired) electrons. The molecule has 1 aliphatic rings. The Morgan fingerprint density at radius 1 is 1.12 bits per heavy atom. The Labute approximate surface area is 141 Å². The Morgan fingerprint density at radius 2 is 1.88 bits per heavy atom. The molecule has 1 heterocycles. The van der Waals surface area contributed by atoms with Gasteiger partial charge in [0, 0.05) is 5.56 Å². The summed E-state index contributed by atoms with van der Waals surface area (Å²) in [6, 6.07) is 15.2. The van der Waals surface area contributed by atoms with Crippen LogP contribution < -0.4 is 4.74 Å². The largest absolute Gasteiger partial charge is 0.491 e. The number of benzene rings is 2. The standard InChI is InChI=1S/C20H19NO3/c1-13(2)23-17-6-4-5-15(11-17)12-18-20(22)24-19(21-18)16-9-7-14(3)8-10-16/h4-13H,1-3H3. The summed E-state index contributed by atoms with van der Waals surface area (Å²) in [7, 11) is 0. The summed E-state index contributed by atoms with van der Waals surface area (Å²) < 4.78 is 10.9. The van der Waals surface area contributed by atoms with E-state index >= 15 is 0 Å². The molecule has 24 heavy (non-hydrogen) atoms. The number of hydrogen-bond donors (Lipinski definition) is 0. The molecule has 0 bridgehead atoms. The number of carbonyl (C=O) groups is 1. The number of esters is 1. The Hall–Kier alpha value is -2.88. The number of ether oxygens (including phenoxy) is 2. The van der Waals surface area contributed by atoms with E-state index < -0.39 is 5.97 Å². The minimum atomic E-state index is -0.444. The third kappa shape index (κ3) is 3.71.